The minimum Gasteiger partial charge on any atom is -0.385 e. The van der Waals surface area contributed by atoms with E-state index in [9.17, 15) is 0 Å². The van der Waals surface area contributed by atoms with E-state index in [4.69, 9.17) is 4.74 Å². The molecule has 0 spiro atoms. The fourth-order valence-corrected chi connectivity index (χ4v) is 1.30. The molecule has 0 aromatic carbocycles. The highest BCUT2D eigenvalue weighted by molar-refractivity contribution is 4.75. The smallest absolute Gasteiger partial charge is 0.0474 e. The number of ether oxygens (including phenoxy) is 1. The van der Waals surface area contributed by atoms with Gasteiger partial charge in [0.1, 0.15) is 0 Å². The lowest BCUT2D eigenvalue weighted by Gasteiger charge is -2.26. The van der Waals surface area contributed by atoms with Crippen molar-refractivity contribution >= 4 is 0 Å². The van der Waals surface area contributed by atoms with Crippen molar-refractivity contribution in [2.45, 2.75) is 39.2 Å². The molecule has 92 valence electrons. The molecular formula is C12H28N2O. The Kier molecular flexibility index (Phi) is 8.02. The normalized spacial score (nSPS) is 12.4. The van der Waals surface area contributed by atoms with Crippen LogP contribution in [0.1, 0.15) is 33.6 Å². The van der Waals surface area contributed by atoms with Gasteiger partial charge in [0.15, 0.2) is 0 Å². The Morgan fingerprint density at radius 1 is 1.27 bits per heavy atom. The molecule has 0 rings (SSSR count). The van der Waals surface area contributed by atoms with Gasteiger partial charge in [-0.2, -0.15) is 0 Å². The van der Waals surface area contributed by atoms with Crippen molar-refractivity contribution in [1.82, 2.24) is 10.2 Å². The van der Waals surface area contributed by atoms with Crippen LogP contribution < -0.4 is 5.32 Å². The fraction of sp³-hybridized carbons (Fsp3) is 1.00. The SMILES string of the molecule is CCC(C)(C)NCCN(C)CCCOC. The van der Waals surface area contributed by atoms with E-state index in [0.29, 0.717) is 0 Å². The van der Waals surface area contributed by atoms with Crippen LogP contribution in [0, 0.1) is 0 Å². The second-order valence-electron chi connectivity index (χ2n) is 4.81. The number of rotatable bonds is 9. The van der Waals surface area contributed by atoms with Crippen LogP contribution in [-0.4, -0.2) is 50.8 Å². The second kappa shape index (κ2) is 8.08. The van der Waals surface area contributed by atoms with Crippen molar-refractivity contribution < 1.29 is 4.74 Å². The van der Waals surface area contributed by atoms with Crippen LogP contribution in [0.5, 0.6) is 0 Å². The van der Waals surface area contributed by atoms with Crippen molar-refractivity contribution in [3.63, 3.8) is 0 Å². The molecule has 0 atom stereocenters. The summed E-state index contributed by atoms with van der Waals surface area (Å²) in [4.78, 5) is 2.35. The summed E-state index contributed by atoms with van der Waals surface area (Å²) in [5.74, 6) is 0. The van der Waals surface area contributed by atoms with E-state index in [1.807, 2.05) is 0 Å². The van der Waals surface area contributed by atoms with Crippen LogP contribution >= 0.6 is 0 Å². The lowest BCUT2D eigenvalue weighted by molar-refractivity contribution is 0.178. The molecule has 3 nitrogen and oxygen atoms in total. The van der Waals surface area contributed by atoms with Crippen molar-refractivity contribution in [1.29, 1.82) is 0 Å². The molecular weight excluding hydrogens is 188 g/mol. The number of hydrogen-bond acceptors (Lipinski definition) is 3. The summed E-state index contributed by atoms with van der Waals surface area (Å²) in [6.07, 6.45) is 2.28. The molecule has 0 amide bonds. The first-order valence-electron chi connectivity index (χ1n) is 5.94. The molecule has 0 aliphatic rings. The molecule has 15 heavy (non-hydrogen) atoms. The molecule has 0 aliphatic heterocycles. The molecule has 0 aromatic rings. The monoisotopic (exact) mass is 216 g/mol. The standard InChI is InChI=1S/C12H28N2O/c1-6-12(2,3)13-8-10-14(4)9-7-11-15-5/h13H,6-11H2,1-5H3. The Morgan fingerprint density at radius 2 is 1.93 bits per heavy atom. The van der Waals surface area contributed by atoms with Gasteiger partial charge in [-0.05, 0) is 33.7 Å². The third-order valence-corrected chi connectivity index (χ3v) is 2.87. The van der Waals surface area contributed by atoms with E-state index in [2.05, 4.69) is 38.0 Å². The third-order valence-electron chi connectivity index (χ3n) is 2.87. The lowest BCUT2D eigenvalue weighted by atomic mass is 10.0. The summed E-state index contributed by atoms with van der Waals surface area (Å²) >= 11 is 0. The van der Waals surface area contributed by atoms with Gasteiger partial charge in [-0.1, -0.05) is 6.92 Å². The average Bonchev–Trinajstić information content (AvgIpc) is 2.18. The van der Waals surface area contributed by atoms with Gasteiger partial charge in [0.05, 0.1) is 0 Å². The average molecular weight is 216 g/mol. The third kappa shape index (κ3) is 8.85. The molecule has 0 saturated heterocycles. The Morgan fingerprint density at radius 3 is 2.47 bits per heavy atom. The predicted molar refractivity (Wildman–Crippen MR) is 66.4 cm³/mol. The Balaban J connectivity index is 3.42. The molecule has 1 N–H and O–H groups in total. The van der Waals surface area contributed by atoms with Gasteiger partial charge in [0.25, 0.3) is 0 Å². The number of nitrogens with zero attached hydrogens (tertiary/aromatic N) is 1. The highest BCUT2D eigenvalue weighted by Crippen LogP contribution is 2.05. The quantitative estimate of drug-likeness (QED) is 0.594. The first-order valence-corrected chi connectivity index (χ1v) is 5.94. The van der Waals surface area contributed by atoms with Crippen LogP contribution in [0.25, 0.3) is 0 Å². The van der Waals surface area contributed by atoms with Crippen molar-refractivity contribution in [3.05, 3.63) is 0 Å². The summed E-state index contributed by atoms with van der Waals surface area (Å²) in [6.45, 7) is 10.9. The summed E-state index contributed by atoms with van der Waals surface area (Å²) in [5.41, 5.74) is 0.271. The molecule has 0 aliphatic carbocycles. The molecule has 0 heterocycles. The minimum atomic E-state index is 0.271. The van der Waals surface area contributed by atoms with Crippen LogP contribution in [0.4, 0.5) is 0 Å². The number of hydrogen-bond donors (Lipinski definition) is 1. The Hall–Kier alpha value is -0.120. The first-order chi connectivity index (χ1) is 7.02. The Bertz CT molecular complexity index is 149. The Labute approximate surface area is 95.2 Å². The molecule has 0 fully saturated rings. The topological polar surface area (TPSA) is 24.5 Å². The van der Waals surface area contributed by atoms with E-state index >= 15 is 0 Å². The molecule has 0 aromatic heterocycles. The van der Waals surface area contributed by atoms with Crippen LogP contribution in [0.2, 0.25) is 0 Å². The lowest BCUT2D eigenvalue weighted by Crippen LogP contribution is -2.42. The highest BCUT2D eigenvalue weighted by Gasteiger charge is 2.12. The van der Waals surface area contributed by atoms with Crippen LogP contribution in [-0.2, 0) is 4.74 Å². The van der Waals surface area contributed by atoms with E-state index in [1.54, 1.807) is 7.11 Å². The maximum Gasteiger partial charge on any atom is 0.0474 e. The number of methoxy groups -OCH3 is 1. The fourth-order valence-electron chi connectivity index (χ4n) is 1.30. The van der Waals surface area contributed by atoms with Gasteiger partial charge < -0.3 is 15.0 Å². The van der Waals surface area contributed by atoms with E-state index < -0.39 is 0 Å². The summed E-state index contributed by atoms with van der Waals surface area (Å²) in [7, 11) is 3.92. The summed E-state index contributed by atoms with van der Waals surface area (Å²) < 4.78 is 5.03. The molecule has 3 heteroatoms. The zero-order valence-electron chi connectivity index (χ0n) is 11.1. The van der Waals surface area contributed by atoms with Crippen molar-refractivity contribution in [3.8, 4) is 0 Å². The predicted octanol–water partition coefficient (Wildman–Crippen LogP) is 1.73. The first kappa shape index (κ1) is 14.9. The van der Waals surface area contributed by atoms with Gasteiger partial charge in [-0.15, -0.1) is 0 Å². The molecule has 0 radical (unpaired) electrons. The minimum absolute atomic E-state index is 0.271. The van der Waals surface area contributed by atoms with Gasteiger partial charge in [-0.25, -0.2) is 0 Å². The molecule has 0 unspecified atom stereocenters. The maximum atomic E-state index is 5.03. The van der Waals surface area contributed by atoms with E-state index in [-0.39, 0.29) is 5.54 Å². The highest BCUT2D eigenvalue weighted by atomic mass is 16.5. The van der Waals surface area contributed by atoms with Gasteiger partial charge in [-0.3, -0.25) is 0 Å². The van der Waals surface area contributed by atoms with Crippen LogP contribution in [0.15, 0.2) is 0 Å². The van der Waals surface area contributed by atoms with Gasteiger partial charge in [0, 0.05) is 38.9 Å². The van der Waals surface area contributed by atoms with Gasteiger partial charge >= 0.3 is 0 Å². The summed E-state index contributed by atoms with van der Waals surface area (Å²) in [5, 5.41) is 3.56. The number of nitrogens with one attached hydrogen (secondary N) is 1. The zero-order chi connectivity index (χ0) is 11.7. The summed E-state index contributed by atoms with van der Waals surface area (Å²) in [6, 6.07) is 0. The van der Waals surface area contributed by atoms with E-state index in [0.717, 1.165) is 32.7 Å². The zero-order valence-corrected chi connectivity index (χ0v) is 11.1. The van der Waals surface area contributed by atoms with Crippen molar-refractivity contribution in [2.24, 2.45) is 0 Å². The number of likely N-dealkylation sites (N-methyl/N-ethyl adjacent to an activating group) is 1. The molecule has 0 saturated carbocycles. The van der Waals surface area contributed by atoms with Crippen LogP contribution in [0.3, 0.4) is 0 Å². The van der Waals surface area contributed by atoms with E-state index in [1.165, 1.54) is 6.42 Å². The largest absolute Gasteiger partial charge is 0.385 e. The maximum absolute atomic E-state index is 5.03. The van der Waals surface area contributed by atoms with Crippen molar-refractivity contribution in [2.75, 3.05) is 40.4 Å². The second-order valence-corrected chi connectivity index (χ2v) is 4.81. The van der Waals surface area contributed by atoms with Gasteiger partial charge in [0.2, 0.25) is 0 Å². The molecule has 0 bridgehead atoms.